The summed E-state index contributed by atoms with van der Waals surface area (Å²) in [7, 11) is 3.11. The van der Waals surface area contributed by atoms with Crippen LogP contribution in [0.1, 0.15) is 32.1 Å². The standard InChI is InChI=1S/C21H17BrN2O4/c1-11-14(18-19(23(11)2)16(25)9-17(28-3)20(18)26)10-24-8-7-12-13(21(24)27)5-4-6-15(12)22/h4-9H,10H2,1-3H3. The summed E-state index contributed by atoms with van der Waals surface area (Å²) in [6.45, 7) is 2.02. The number of pyridine rings is 1. The number of fused-ring (bicyclic) bond motifs is 2. The molecule has 0 atom stereocenters. The van der Waals surface area contributed by atoms with Gasteiger partial charge in [-0.1, -0.05) is 22.0 Å². The molecule has 1 aliphatic rings. The van der Waals surface area contributed by atoms with Crippen molar-refractivity contribution in [2.45, 2.75) is 13.5 Å². The third-order valence-corrected chi connectivity index (χ3v) is 5.97. The number of carbonyl (C=O) groups is 2. The minimum absolute atomic E-state index is 0.0131. The van der Waals surface area contributed by atoms with Crippen LogP contribution in [0.5, 0.6) is 0 Å². The van der Waals surface area contributed by atoms with Crippen LogP contribution in [0.25, 0.3) is 10.8 Å². The van der Waals surface area contributed by atoms with Crippen molar-refractivity contribution >= 4 is 38.3 Å². The van der Waals surface area contributed by atoms with E-state index in [2.05, 4.69) is 15.9 Å². The number of Topliss-reactive ketones (excluding diaryl/α,β-unsaturated/α-hetero) is 1. The number of carbonyl (C=O) groups excluding carboxylic acids is 2. The van der Waals surface area contributed by atoms with E-state index in [4.69, 9.17) is 4.74 Å². The van der Waals surface area contributed by atoms with E-state index < -0.39 is 0 Å². The summed E-state index contributed by atoms with van der Waals surface area (Å²) in [6.07, 6.45) is 2.92. The van der Waals surface area contributed by atoms with E-state index in [9.17, 15) is 14.4 Å². The first-order valence-corrected chi connectivity index (χ1v) is 9.45. The number of ketones is 2. The lowest BCUT2D eigenvalue weighted by atomic mass is 9.96. The molecule has 0 saturated heterocycles. The van der Waals surface area contributed by atoms with Crippen molar-refractivity contribution in [2.75, 3.05) is 7.11 Å². The zero-order chi connectivity index (χ0) is 20.2. The number of allylic oxidation sites excluding steroid dienone is 2. The van der Waals surface area contributed by atoms with Crippen molar-refractivity contribution < 1.29 is 14.3 Å². The second-order valence-corrected chi connectivity index (χ2v) is 7.56. The molecule has 0 aliphatic heterocycles. The first-order chi connectivity index (χ1) is 13.3. The Labute approximate surface area is 169 Å². The molecule has 6 nitrogen and oxygen atoms in total. The van der Waals surface area contributed by atoms with Crippen molar-refractivity contribution in [1.29, 1.82) is 0 Å². The van der Waals surface area contributed by atoms with Crippen molar-refractivity contribution in [2.24, 2.45) is 7.05 Å². The number of benzene rings is 1. The SMILES string of the molecule is COC1=CC(=O)c2c(c(Cn3ccc4c(Br)cccc4c3=O)c(C)n2C)C1=O. The smallest absolute Gasteiger partial charge is 0.258 e. The quantitative estimate of drug-likeness (QED) is 0.625. The number of hydrogen-bond donors (Lipinski definition) is 0. The summed E-state index contributed by atoms with van der Waals surface area (Å²) in [5, 5.41) is 1.41. The average Bonchev–Trinajstić information content (AvgIpc) is 2.93. The van der Waals surface area contributed by atoms with E-state index in [1.165, 1.54) is 13.2 Å². The predicted molar refractivity (Wildman–Crippen MR) is 109 cm³/mol. The Kier molecular flexibility index (Phi) is 4.34. The molecule has 0 N–H and O–H groups in total. The normalized spacial score (nSPS) is 13.6. The number of ether oxygens (including phenoxy) is 1. The molecule has 0 amide bonds. The van der Waals surface area contributed by atoms with Gasteiger partial charge in [-0.25, -0.2) is 0 Å². The van der Waals surface area contributed by atoms with Crippen LogP contribution < -0.4 is 5.56 Å². The maximum Gasteiger partial charge on any atom is 0.258 e. The number of methoxy groups -OCH3 is 1. The summed E-state index contributed by atoms with van der Waals surface area (Å²) < 4.78 is 9.19. The highest BCUT2D eigenvalue weighted by Gasteiger charge is 2.34. The van der Waals surface area contributed by atoms with Crippen LogP contribution in [0.3, 0.4) is 0 Å². The van der Waals surface area contributed by atoms with Gasteiger partial charge in [0.15, 0.2) is 5.76 Å². The van der Waals surface area contributed by atoms with Gasteiger partial charge in [0.2, 0.25) is 11.6 Å². The first kappa shape index (κ1) is 18.4. The van der Waals surface area contributed by atoms with Gasteiger partial charge in [0, 0.05) is 45.8 Å². The second-order valence-electron chi connectivity index (χ2n) is 6.70. The van der Waals surface area contributed by atoms with Crippen molar-refractivity contribution in [3.8, 4) is 0 Å². The number of hydrogen-bond acceptors (Lipinski definition) is 4. The maximum atomic E-state index is 13.0. The van der Waals surface area contributed by atoms with Crippen molar-refractivity contribution in [1.82, 2.24) is 9.13 Å². The van der Waals surface area contributed by atoms with E-state index in [-0.39, 0.29) is 29.4 Å². The molecule has 3 aromatic rings. The summed E-state index contributed by atoms with van der Waals surface area (Å²) >= 11 is 3.46. The lowest BCUT2D eigenvalue weighted by Crippen LogP contribution is -2.23. The highest BCUT2D eigenvalue weighted by molar-refractivity contribution is 9.10. The van der Waals surface area contributed by atoms with E-state index in [0.29, 0.717) is 22.2 Å². The minimum atomic E-state index is -0.340. The van der Waals surface area contributed by atoms with Gasteiger partial charge in [0.1, 0.15) is 5.69 Å². The number of nitrogens with zero attached hydrogens (tertiary/aromatic N) is 2. The van der Waals surface area contributed by atoms with E-state index in [0.717, 1.165) is 15.6 Å². The molecule has 0 unspecified atom stereocenters. The van der Waals surface area contributed by atoms with Gasteiger partial charge in [0.25, 0.3) is 5.56 Å². The molecular formula is C21H17BrN2O4. The van der Waals surface area contributed by atoms with Gasteiger partial charge in [-0.15, -0.1) is 0 Å². The highest BCUT2D eigenvalue weighted by Crippen LogP contribution is 2.30. The molecule has 1 aromatic carbocycles. The van der Waals surface area contributed by atoms with Gasteiger partial charge in [-0.3, -0.25) is 14.4 Å². The Morgan fingerprint density at radius 2 is 1.86 bits per heavy atom. The van der Waals surface area contributed by atoms with Crippen molar-refractivity contribution in [3.63, 3.8) is 0 Å². The maximum absolute atomic E-state index is 13.0. The molecule has 0 radical (unpaired) electrons. The van der Waals surface area contributed by atoms with Crippen LogP contribution in [0.4, 0.5) is 0 Å². The first-order valence-electron chi connectivity index (χ1n) is 8.65. The van der Waals surface area contributed by atoms with Gasteiger partial charge in [-0.05, 0) is 25.1 Å². The van der Waals surface area contributed by atoms with Gasteiger partial charge in [0.05, 0.1) is 19.2 Å². The van der Waals surface area contributed by atoms with Crippen LogP contribution in [0, 0.1) is 6.92 Å². The van der Waals surface area contributed by atoms with Crippen LogP contribution in [0.15, 0.2) is 51.6 Å². The highest BCUT2D eigenvalue weighted by atomic mass is 79.9. The van der Waals surface area contributed by atoms with Crippen LogP contribution in [-0.2, 0) is 18.3 Å². The largest absolute Gasteiger partial charge is 0.492 e. The number of rotatable bonds is 3. The van der Waals surface area contributed by atoms with E-state index >= 15 is 0 Å². The zero-order valence-corrected chi connectivity index (χ0v) is 17.2. The number of halogens is 1. The van der Waals surface area contributed by atoms with Gasteiger partial charge >= 0.3 is 0 Å². The topological polar surface area (TPSA) is 70.3 Å². The summed E-state index contributed by atoms with van der Waals surface area (Å²) in [6, 6.07) is 7.32. The third kappa shape index (κ3) is 2.57. The molecule has 0 saturated carbocycles. The van der Waals surface area contributed by atoms with Gasteiger partial charge < -0.3 is 13.9 Å². The lowest BCUT2D eigenvalue weighted by molar-refractivity contribution is 0.0913. The Morgan fingerprint density at radius 3 is 2.57 bits per heavy atom. The third-order valence-electron chi connectivity index (χ3n) is 5.27. The Balaban J connectivity index is 1.90. The molecule has 7 heteroatoms. The molecule has 142 valence electrons. The fourth-order valence-corrected chi connectivity index (χ4v) is 4.19. The summed E-state index contributed by atoms with van der Waals surface area (Å²) in [5.41, 5.74) is 1.89. The summed E-state index contributed by atoms with van der Waals surface area (Å²) in [4.78, 5) is 38.4. The van der Waals surface area contributed by atoms with E-state index in [1.807, 2.05) is 25.1 Å². The molecule has 2 aromatic heterocycles. The fraction of sp³-hybridized carbons (Fsp3) is 0.190. The molecule has 0 spiro atoms. The molecule has 0 fully saturated rings. The van der Waals surface area contributed by atoms with Crippen LogP contribution in [0.2, 0.25) is 0 Å². The molecule has 0 bridgehead atoms. The van der Waals surface area contributed by atoms with Crippen LogP contribution >= 0.6 is 15.9 Å². The average molecular weight is 441 g/mol. The Morgan fingerprint density at radius 1 is 1.11 bits per heavy atom. The zero-order valence-electron chi connectivity index (χ0n) is 15.6. The lowest BCUT2D eigenvalue weighted by Gasteiger charge is -2.14. The van der Waals surface area contributed by atoms with E-state index in [1.54, 1.807) is 28.4 Å². The predicted octanol–water partition coefficient (Wildman–Crippen LogP) is 3.37. The van der Waals surface area contributed by atoms with Crippen molar-refractivity contribution in [3.05, 3.63) is 79.6 Å². The molecule has 4 rings (SSSR count). The van der Waals surface area contributed by atoms with Crippen LogP contribution in [-0.4, -0.2) is 27.8 Å². The second kappa shape index (κ2) is 6.60. The summed E-state index contributed by atoms with van der Waals surface area (Å²) in [5.74, 6) is -0.607. The monoisotopic (exact) mass is 440 g/mol. The van der Waals surface area contributed by atoms with Gasteiger partial charge in [-0.2, -0.15) is 0 Å². The molecule has 28 heavy (non-hydrogen) atoms. The molecular weight excluding hydrogens is 424 g/mol. The molecule has 1 aliphatic carbocycles. The number of aromatic nitrogens is 2. The Bertz CT molecular complexity index is 1260. The fourth-order valence-electron chi connectivity index (χ4n) is 3.69. The molecule has 2 heterocycles. The Hall–Kier alpha value is -2.93. The minimum Gasteiger partial charge on any atom is -0.492 e.